The second kappa shape index (κ2) is 7.22. The zero-order chi connectivity index (χ0) is 17.9. The molecule has 0 unspecified atom stereocenters. The molecule has 0 radical (unpaired) electrons. The van der Waals surface area contributed by atoms with Crippen LogP contribution in [0.3, 0.4) is 0 Å². The number of phenolic OH excluding ortho intramolecular Hbond substituents is 1. The van der Waals surface area contributed by atoms with Gasteiger partial charge in [-0.1, -0.05) is 52.3 Å². The summed E-state index contributed by atoms with van der Waals surface area (Å²) in [6.45, 7) is 1.50. The molecule has 130 valence electrons. The second-order valence-corrected chi connectivity index (χ2v) is 7.00. The summed E-state index contributed by atoms with van der Waals surface area (Å²) in [7, 11) is 0. The molecule has 2 N–H and O–H groups in total. The second-order valence-electron chi connectivity index (χ2n) is 6.09. The zero-order valence-corrected chi connectivity index (χ0v) is 15.6. The molecule has 1 heterocycles. The first-order valence-corrected chi connectivity index (χ1v) is 9.22. The smallest absolute Gasteiger partial charge is 0.125 e. The normalized spacial score (nSPS) is 11.0. The number of aromatic hydroxyl groups is 1. The molecule has 4 nitrogen and oxygen atoms in total. The maximum absolute atomic E-state index is 10.2. The van der Waals surface area contributed by atoms with Gasteiger partial charge in [0, 0.05) is 34.2 Å². The van der Waals surface area contributed by atoms with Crippen LogP contribution in [0.5, 0.6) is 5.75 Å². The number of fused-ring (bicyclic) bond motifs is 1. The van der Waals surface area contributed by atoms with E-state index in [9.17, 15) is 5.11 Å². The third-order valence-corrected chi connectivity index (χ3v) is 4.90. The lowest BCUT2D eigenvalue weighted by molar-refractivity contribution is 0.476. The van der Waals surface area contributed by atoms with E-state index in [1.807, 2.05) is 22.8 Å². The predicted molar refractivity (Wildman–Crippen MR) is 109 cm³/mol. The fourth-order valence-corrected chi connectivity index (χ4v) is 3.49. The van der Waals surface area contributed by atoms with E-state index in [2.05, 4.69) is 62.6 Å². The maximum Gasteiger partial charge on any atom is 0.125 e. The Morgan fingerprint density at radius 3 is 2.81 bits per heavy atom. The number of phenols is 1. The van der Waals surface area contributed by atoms with E-state index in [1.165, 1.54) is 10.8 Å². The molecule has 26 heavy (non-hydrogen) atoms. The van der Waals surface area contributed by atoms with Crippen LogP contribution in [0, 0.1) is 0 Å². The molecule has 0 aliphatic heterocycles. The summed E-state index contributed by atoms with van der Waals surface area (Å²) < 4.78 is 2.96. The Bertz CT molecular complexity index is 1050. The van der Waals surface area contributed by atoms with E-state index in [-0.39, 0.29) is 5.75 Å². The van der Waals surface area contributed by atoms with Crippen molar-refractivity contribution in [2.75, 3.05) is 11.9 Å². The Balaban J connectivity index is 1.53. The van der Waals surface area contributed by atoms with E-state index < -0.39 is 0 Å². The number of anilines is 1. The van der Waals surface area contributed by atoms with Crippen molar-refractivity contribution in [3.05, 3.63) is 77.7 Å². The molecule has 4 rings (SSSR count). The van der Waals surface area contributed by atoms with E-state index >= 15 is 0 Å². The van der Waals surface area contributed by atoms with Crippen molar-refractivity contribution >= 4 is 32.4 Å². The summed E-state index contributed by atoms with van der Waals surface area (Å²) in [6, 6.07) is 20.0. The number of halogens is 1. The predicted octanol–water partition coefficient (Wildman–Crippen LogP) is 5.28. The summed E-state index contributed by atoms with van der Waals surface area (Å²) in [5, 5.41) is 16.1. The van der Waals surface area contributed by atoms with Crippen molar-refractivity contribution in [1.82, 2.24) is 9.55 Å². The van der Waals surface area contributed by atoms with Crippen LogP contribution in [-0.4, -0.2) is 21.2 Å². The molecule has 0 aliphatic carbocycles. The SMILES string of the molecule is Oc1ccc(Br)cc1-c1cncn1CCNc1cccc2ccccc12. The lowest BCUT2D eigenvalue weighted by Crippen LogP contribution is -2.11. The highest BCUT2D eigenvalue weighted by Crippen LogP contribution is 2.31. The van der Waals surface area contributed by atoms with Gasteiger partial charge in [-0.15, -0.1) is 0 Å². The van der Waals surface area contributed by atoms with Crippen LogP contribution in [0.2, 0.25) is 0 Å². The lowest BCUT2D eigenvalue weighted by atomic mass is 10.1. The molecule has 5 heteroatoms. The lowest BCUT2D eigenvalue weighted by Gasteiger charge is -2.13. The fraction of sp³-hybridized carbons (Fsp3) is 0.0952. The van der Waals surface area contributed by atoms with E-state index in [1.54, 1.807) is 18.6 Å². The van der Waals surface area contributed by atoms with Crippen LogP contribution >= 0.6 is 15.9 Å². The molecular formula is C21H18BrN3O. The van der Waals surface area contributed by atoms with E-state index in [0.717, 1.165) is 34.5 Å². The van der Waals surface area contributed by atoms with Gasteiger partial charge in [0.05, 0.1) is 18.2 Å². The van der Waals surface area contributed by atoms with Gasteiger partial charge in [0.25, 0.3) is 0 Å². The molecule has 0 amide bonds. The third kappa shape index (κ3) is 3.30. The highest BCUT2D eigenvalue weighted by molar-refractivity contribution is 9.10. The summed E-state index contributed by atoms with van der Waals surface area (Å²) >= 11 is 3.46. The van der Waals surface area contributed by atoms with Crippen molar-refractivity contribution in [3.8, 4) is 17.0 Å². The van der Waals surface area contributed by atoms with Gasteiger partial charge in [0.1, 0.15) is 5.75 Å². The number of aromatic nitrogens is 2. The van der Waals surface area contributed by atoms with Crippen LogP contribution in [0.1, 0.15) is 0 Å². The number of nitrogens with one attached hydrogen (secondary N) is 1. The monoisotopic (exact) mass is 407 g/mol. The number of benzene rings is 3. The van der Waals surface area contributed by atoms with Gasteiger partial charge in [-0.3, -0.25) is 0 Å². The van der Waals surface area contributed by atoms with Gasteiger partial charge in [0.15, 0.2) is 0 Å². The summed E-state index contributed by atoms with van der Waals surface area (Å²) in [4.78, 5) is 4.25. The molecule has 0 bridgehead atoms. The molecule has 0 spiro atoms. The molecule has 0 aliphatic rings. The van der Waals surface area contributed by atoms with Crippen molar-refractivity contribution in [3.63, 3.8) is 0 Å². The summed E-state index contributed by atoms with van der Waals surface area (Å²) in [6.07, 6.45) is 3.57. The van der Waals surface area contributed by atoms with Crippen LogP contribution < -0.4 is 5.32 Å². The Morgan fingerprint density at radius 1 is 1.04 bits per heavy atom. The highest BCUT2D eigenvalue weighted by Gasteiger charge is 2.10. The quantitative estimate of drug-likeness (QED) is 0.472. The minimum atomic E-state index is 0.247. The third-order valence-electron chi connectivity index (χ3n) is 4.40. The van der Waals surface area contributed by atoms with Gasteiger partial charge in [0.2, 0.25) is 0 Å². The van der Waals surface area contributed by atoms with Crippen LogP contribution in [0.25, 0.3) is 22.0 Å². The minimum absolute atomic E-state index is 0.247. The Hall–Kier alpha value is -2.79. The molecule has 0 atom stereocenters. The van der Waals surface area contributed by atoms with E-state index in [0.29, 0.717) is 0 Å². The summed E-state index contributed by atoms with van der Waals surface area (Å²) in [5.41, 5.74) is 2.78. The average molecular weight is 408 g/mol. The molecule has 4 aromatic rings. The standard InChI is InChI=1S/C21H18BrN3O/c22-16-8-9-21(26)18(12-16)20-13-23-14-25(20)11-10-24-19-7-3-5-15-4-1-2-6-17(15)19/h1-9,12-14,24,26H,10-11H2. The van der Waals surface area contributed by atoms with Gasteiger partial charge >= 0.3 is 0 Å². The van der Waals surface area contributed by atoms with Gasteiger partial charge in [-0.2, -0.15) is 0 Å². The van der Waals surface area contributed by atoms with Gasteiger partial charge in [-0.25, -0.2) is 4.98 Å². The number of imidazole rings is 1. The Labute approximate surface area is 160 Å². The molecule has 3 aromatic carbocycles. The highest BCUT2D eigenvalue weighted by atomic mass is 79.9. The molecule has 0 saturated heterocycles. The first kappa shape index (κ1) is 16.7. The van der Waals surface area contributed by atoms with Crippen LogP contribution in [0.4, 0.5) is 5.69 Å². The van der Waals surface area contributed by atoms with Gasteiger partial charge in [-0.05, 0) is 29.7 Å². The number of hydrogen-bond donors (Lipinski definition) is 2. The Kier molecular flexibility index (Phi) is 4.63. The van der Waals surface area contributed by atoms with Crippen LogP contribution in [-0.2, 0) is 6.54 Å². The fourth-order valence-electron chi connectivity index (χ4n) is 3.13. The number of rotatable bonds is 5. The largest absolute Gasteiger partial charge is 0.507 e. The van der Waals surface area contributed by atoms with Crippen molar-refractivity contribution in [2.24, 2.45) is 0 Å². The van der Waals surface area contributed by atoms with Crippen molar-refractivity contribution < 1.29 is 5.11 Å². The number of hydrogen-bond acceptors (Lipinski definition) is 3. The van der Waals surface area contributed by atoms with Gasteiger partial charge < -0.3 is 15.0 Å². The average Bonchev–Trinajstić information content (AvgIpc) is 3.12. The zero-order valence-electron chi connectivity index (χ0n) is 14.1. The van der Waals surface area contributed by atoms with Crippen molar-refractivity contribution in [1.29, 1.82) is 0 Å². The van der Waals surface area contributed by atoms with Crippen LogP contribution in [0.15, 0.2) is 77.7 Å². The molecule has 0 fully saturated rings. The minimum Gasteiger partial charge on any atom is -0.507 e. The first-order valence-electron chi connectivity index (χ1n) is 8.43. The Morgan fingerprint density at radius 2 is 1.88 bits per heavy atom. The first-order chi connectivity index (χ1) is 12.7. The summed E-state index contributed by atoms with van der Waals surface area (Å²) in [5.74, 6) is 0.247. The molecular weight excluding hydrogens is 390 g/mol. The molecule has 0 saturated carbocycles. The topological polar surface area (TPSA) is 50.1 Å². The van der Waals surface area contributed by atoms with Crippen molar-refractivity contribution in [2.45, 2.75) is 6.54 Å². The number of nitrogens with zero attached hydrogens (tertiary/aromatic N) is 2. The van der Waals surface area contributed by atoms with E-state index in [4.69, 9.17) is 0 Å². The molecule has 1 aromatic heterocycles. The maximum atomic E-state index is 10.2.